The van der Waals surface area contributed by atoms with Crippen LogP contribution >= 0.6 is 0 Å². The van der Waals surface area contributed by atoms with Gasteiger partial charge in [-0.3, -0.25) is 0 Å². The topological polar surface area (TPSA) is 92.9 Å². The number of ether oxygens (including phenoxy) is 1. The Morgan fingerprint density at radius 2 is 2.11 bits per heavy atom. The molecule has 0 unspecified atom stereocenters. The third kappa shape index (κ3) is 3.38. The SMILES string of the molecule is CCOC(=O)N(C)Cc1cc(C(=O)O)ccc1N. The number of nitrogens with two attached hydrogens (primary N) is 1. The lowest BCUT2D eigenvalue weighted by Gasteiger charge is -2.17. The second-order valence-electron chi connectivity index (χ2n) is 3.77. The number of aromatic carboxylic acids is 1. The average Bonchev–Trinajstić information content (AvgIpc) is 2.31. The number of benzene rings is 1. The zero-order valence-corrected chi connectivity index (χ0v) is 10.3. The fourth-order valence-electron chi connectivity index (χ4n) is 1.43. The first kappa shape index (κ1) is 13.8. The van der Waals surface area contributed by atoms with Gasteiger partial charge in [0.25, 0.3) is 0 Å². The number of rotatable bonds is 4. The number of amides is 1. The van der Waals surface area contributed by atoms with Crippen LogP contribution in [0, 0.1) is 0 Å². The number of carbonyl (C=O) groups is 2. The van der Waals surface area contributed by atoms with E-state index in [0.717, 1.165) is 0 Å². The fraction of sp³-hybridized carbons (Fsp3) is 0.333. The Hall–Kier alpha value is -2.24. The summed E-state index contributed by atoms with van der Waals surface area (Å²) in [6, 6.07) is 4.39. The maximum atomic E-state index is 11.4. The molecule has 0 spiro atoms. The summed E-state index contributed by atoms with van der Waals surface area (Å²) in [4.78, 5) is 23.6. The molecule has 0 radical (unpaired) electrons. The molecular weight excluding hydrogens is 236 g/mol. The molecule has 0 aliphatic heterocycles. The van der Waals surface area contributed by atoms with Crippen molar-refractivity contribution in [3.63, 3.8) is 0 Å². The van der Waals surface area contributed by atoms with Gasteiger partial charge in [-0.1, -0.05) is 0 Å². The molecule has 0 aliphatic rings. The lowest BCUT2D eigenvalue weighted by Crippen LogP contribution is -2.27. The smallest absolute Gasteiger partial charge is 0.409 e. The number of nitrogens with zero attached hydrogens (tertiary/aromatic N) is 1. The molecule has 0 atom stereocenters. The van der Waals surface area contributed by atoms with Gasteiger partial charge in [0, 0.05) is 12.7 Å². The summed E-state index contributed by atoms with van der Waals surface area (Å²) in [5.41, 5.74) is 6.89. The maximum absolute atomic E-state index is 11.4. The van der Waals surface area contributed by atoms with Gasteiger partial charge in [-0.2, -0.15) is 0 Å². The molecule has 1 aromatic carbocycles. The molecule has 6 heteroatoms. The van der Waals surface area contributed by atoms with E-state index in [1.54, 1.807) is 14.0 Å². The minimum atomic E-state index is -1.03. The highest BCUT2D eigenvalue weighted by molar-refractivity contribution is 5.88. The number of anilines is 1. The molecule has 3 N–H and O–H groups in total. The van der Waals surface area contributed by atoms with Crippen molar-refractivity contribution < 1.29 is 19.4 Å². The third-order valence-electron chi connectivity index (χ3n) is 2.38. The van der Waals surface area contributed by atoms with Crippen molar-refractivity contribution in [3.8, 4) is 0 Å². The zero-order chi connectivity index (χ0) is 13.7. The van der Waals surface area contributed by atoms with Crippen molar-refractivity contribution in [3.05, 3.63) is 29.3 Å². The zero-order valence-electron chi connectivity index (χ0n) is 10.3. The Morgan fingerprint density at radius 1 is 1.44 bits per heavy atom. The highest BCUT2D eigenvalue weighted by atomic mass is 16.5. The van der Waals surface area contributed by atoms with Crippen molar-refractivity contribution >= 4 is 17.7 Å². The molecule has 0 heterocycles. The molecule has 0 fully saturated rings. The predicted molar refractivity (Wildman–Crippen MR) is 66.3 cm³/mol. The van der Waals surface area contributed by atoms with E-state index in [2.05, 4.69) is 0 Å². The van der Waals surface area contributed by atoms with Crippen molar-refractivity contribution in [2.45, 2.75) is 13.5 Å². The summed E-state index contributed by atoms with van der Waals surface area (Å²) in [5, 5.41) is 8.88. The van der Waals surface area contributed by atoms with E-state index in [1.807, 2.05) is 0 Å². The van der Waals surface area contributed by atoms with Gasteiger partial charge in [-0.15, -0.1) is 0 Å². The van der Waals surface area contributed by atoms with Crippen molar-refractivity contribution in [2.24, 2.45) is 0 Å². The normalized spacial score (nSPS) is 9.89. The summed E-state index contributed by atoms with van der Waals surface area (Å²) >= 11 is 0. The van der Waals surface area contributed by atoms with Crippen molar-refractivity contribution in [2.75, 3.05) is 19.4 Å². The highest BCUT2D eigenvalue weighted by Gasteiger charge is 2.13. The third-order valence-corrected chi connectivity index (χ3v) is 2.38. The lowest BCUT2D eigenvalue weighted by atomic mass is 10.1. The number of carboxylic acid groups (broad SMARTS) is 1. The van der Waals surface area contributed by atoms with Gasteiger partial charge in [0.1, 0.15) is 0 Å². The number of hydrogen-bond donors (Lipinski definition) is 2. The van der Waals surface area contributed by atoms with Gasteiger partial charge in [-0.05, 0) is 30.7 Å². The second kappa shape index (κ2) is 5.90. The van der Waals surface area contributed by atoms with E-state index in [1.165, 1.54) is 23.1 Å². The lowest BCUT2D eigenvalue weighted by molar-refractivity contribution is 0.0696. The molecular formula is C12H16N2O4. The molecule has 6 nitrogen and oxygen atoms in total. The maximum Gasteiger partial charge on any atom is 0.409 e. The van der Waals surface area contributed by atoms with Crippen LogP contribution in [0.2, 0.25) is 0 Å². The fourth-order valence-corrected chi connectivity index (χ4v) is 1.43. The van der Waals surface area contributed by atoms with Gasteiger partial charge < -0.3 is 20.5 Å². The first-order valence-corrected chi connectivity index (χ1v) is 5.45. The Bertz CT molecular complexity index is 459. The number of nitrogen functional groups attached to an aromatic ring is 1. The largest absolute Gasteiger partial charge is 0.478 e. The standard InChI is InChI=1S/C12H16N2O4/c1-3-18-12(17)14(2)7-9-6-8(11(15)16)4-5-10(9)13/h4-6H,3,7,13H2,1-2H3,(H,15,16). The van der Waals surface area contributed by atoms with E-state index in [-0.39, 0.29) is 18.7 Å². The second-order valence-corrected chi connectivity index (χ2v) is 3.77. The van der Waals surface area contributed by atoms with E-state index in [9.17, 15) is 9.59 Å². The van der Waals surface area contributed by atoms with E-state index in [4.69, 9.17) is 15.6 Å². The van der Waals surface area contributed by atoms with E-state index < -0.39 is 12.1 Å². The number of hydrogen-bond acceptors (Lipinski definition) is 4. The molecule has 1 rings (SSSR count). The van der Waals surface area contributed by atoms with Gasteiger partial charge >= 0.3 is 12.1 Å². The van der Waals surface area contributed by atoms with Crippen LogP contribution in [0.1, 0.15) is 22.8 Å². The van der Waals surface area contributed by atoms with Crippen molar-refractivity contribution in [1.29, 1.82) is 0 Å². The van der Waals surface area contributed by atoms with Crippen LogP contribution in [0.4, 0.5) is 10.5 Å². The monoisotopic (exact) mass is 252 g/mol. The van der Waals surface area contributed by atoms with Gasteiger partial charge in [-0.25, -0.2) is 9.59 Å². The number of carboxylic acids is 1. The molecule has 0 bridgehead atoms. The first-order chi connectivity index (χ1) is 8.45. The quantitative estimate of drug-likeness (QED) is 0.793. The van der Waals surface area contributed by atoms with E-state index in [0.29, 0.717) is 11.3 Å². The predicted octanol–water partition coefficient (Wildman–Crippen LogP) is 1.56. The first-order valence-electron chi connectivity index (χ1n) is 5.45. The molecule has 0 saturated carbocycles. The summed E-state index contributed by atoms with van der Waals surface area (Å²) in [7, 11) is 1.56. The van der Waals surface area contributed by atoms with Crippen molar-refractivity contribution in [1.82, 2.24) is 4.90 Å². The van der Waals surface area contributed by atoms with Crippen LogP contribution in [0.3, 0.4) is 0 Å². The Kier molecular flexibility index (Phi) is 4.53. The van der Waals surface area contributed by atoms with Gasteiger partial charge in [0.05, 0.1) is 18.7 Å². The van der Waals surface area contributed by atoms with Crippen LogP contribution in [-0.2, 0) is 11.3 Å². The summed E-state index contributed by atoms with van der Waals surface area (Å²) in [6.07, 6.45) is -0.474. The molecule has 1 amide bonds. The molecule has 0 aliphatic carbocycles. The van der Waals surface area contributed by atoms with E-state index >= 15 is 0 Å². The molecule has 18 heavy (non-hydrogen) atoms. The minimum absolute atomic E-state index is 0.136. The molecule has 0 saturated heterocycles. The molecule has 98 valence electrons. The molecule has 1 aromatic rings. The van der Waals surface area contributed by atoms with Crippen LogP contribution in [-0.4, -0.2) is 35.7 Å². The van der Waals surface area contributed by atoms with Gasteiger partial charge in [0.2, 0.25) is 0 Å². The minimum Gasteiger partial charge on any atom is -0.478 e. The Balaban J connectivity index is 2.86. The van der Waals surface area contributed by atoms with Gasteiger partial charge in [0.15, 0.2) is 0 Å². The van der Waals surface area contributed by atoms with Crippen LogP contribution in [0.25, 0.3) is 0 Å². The average molecular weight is 252 g/mol. The number of carbonyl (C=O) groups excluding carboxylic acids is 1. The Morgan fingerprint density at radius 3 is 2.67 bits per heavy atom. The highest BCUT2D eigenvalue weighted by Crippen LogP contribution is 2.16. The summed E-state index contributed by atoms with van der Waals surface area (Å²) < 4.78 is 4.82. The van der Waals surface area contributed by atoms with Crippen LogP contribution < -0.4 is 5.73 Å². The summed E-state index contributed by atoms with van der Waals surface area (Å²) in [5.74, 6) is -1.03. The van der Waals surface area contributed by atoms with Crippen LogP contribution in [0.5, 0.6) is 0 Å². The summed E-state index contributed by atoms with van der Waals surface area (Å²) in [6.45, 7) is 2.20. The Labute approximate surface area is 105 Å². The molecule has 0 aromatic heterocycles. The van der Waals surface area contributed by atoms with Crippen LogP contribution in [0.15, 0.2) is 18.2 Å².